The number of allylic oxidation sites excluding steroid dienone is 1. The Kier molecular flexibility index (Phi) is 3.85. The minimum Gasteiger partial charge on any atom is -0.457 e. The molecule has 25 heavy (non-hydrogen) atoms. The molecule has 0 aliphatic carbocycles. The van der Waals surface area contributed by atoms with Crippen LogP contribution in [-0.2, 0) is 0 Å². The van der Waals surface area contributed by atoms with E-state index in [2.05, 4.69) is 16.0 Å². The highest BCUT2D eigenvalue weighted by molar-refractivity contribution is 6.33. The average molecular weight is 346 g/mol. The van der Waals surface area contributed by atoms with Crippen molar-refractivity contribution in [1.29, 1.82) is 5.26 Å². The summed E-state index contributed by atoms with van der Waals surface area (Å²) in [6.07, 6.45) is 1.66. The van der Waals surface area contributed by atoms with E-state index in [4.69, 9.17) is 16.0 Å². The number of hydrogen-bond donors (Lipinski definition) is 1. The lowest BCUT2D eigenvalue weighted by Gasteiger charge is -1.99. The van der Waals surface area contributed by atoms with Gasteiger partial charge in [0.15, 0.2) is 0 Å². The predicted octanol–water partition coefficient (Wildman–Crippen LogP) is 5.54. The zero-order chi connectivity index (χ0) is 17.2. The van der Waals surface area contributed by atoms with Gasteiger partial charge in [0.25, 0.3) is 0 Å². The van der Waals surface area contributed by atoms with E-state index in [1.807, 2.05) is 54.6 Å². The van der Waals surface area contributed by atoms with E-state index < -0.39 is 0 Å². The maximum Gasteiger partial charge on any atom is 0.149 e. The first-order chi connectivity index (χ1) is 12.2. The van der Waals surface area contributed by atoms with E-state index in [0.717, 1.165) is 16.6 Å². The van der Waals surface area contributed by atoms with Crippen molar-refractivity contribution >= 4 is 34.3 Å². The number of H-pyrrole nitrogens is 1. The van der Waals surface area contributed by atoms with E-state index in [0.29, 0.717) is 27.9 Å². The van der Waals surface area contributed by atoms with Crippen molar-refractivity contribution < 1.29 is 4.42 Å². The van der Waals surface area contributed by atoms with Gasteiger partial charge in [-0.1, -0.05) is 35.9 Å². The Morgan fingerprint density at radius 2 is 1.88 bits per heavy atom. The molecule has 0 spiro atoms. The number of furan rings is 1. The normalized spacial score (nSPS) is 11.6. The number of para-hydroxylation sites is 2. The maximum atomic E-state index is 9.49. The number of nitrogens with zero attached hydrogens (tertiary/aromatic N) is 2. The lowest BCUT2D eigenvalue weighted by molar-refractivity contribution is 0.572. The maximum absolute atomic E-state index is 9.49. The molecule has 0 saturated heterocycles. The molecule has 4 rings (SSSR count). The summed E-state index contributed by atoms with van der Waals surface area (Å²) in [5.41, 5.74) is 2.91. The van der Waals surface area contributed by atoms with E-state index in [9.17, 15) is 5.26 Å². The van der Waals surface area contributed by atoms with E-state index in [-0.39, 0.29) is 0 Å². The Bertz CT molecular complexity index is 1100. The highest BCUT2D eigenvalue weighted by Gasteiger charge is 2.11. The van der Waals surface area contributed by atoms with Crippen LogP contribution in [0, 0.1) is 11.3 Å². The van der Waals surface area contributed by atoms with Gasteiger partial charge in [-0.05, 0) is 36.4 Å². The molecule has 0 aliphatic rings. The quantitative estimate of drug-likeness (QED) is 0.496. The minimum absolute atomic E-state index is 0.399. The Labute approximate surface area is 149 Å². The molecule has 0 bridgehead atoms. The van der Waals surface area contributed by atoms with Crippen LogP contribution >= 0.6 is 11.6 Å². The molecule has 4 nitrogen and oxygen atoms in total. The van der Waals surface area contributed by atoms with Gasteiger partial charge in [-0.2, -0.15) is 5.26 Å². The molecule has 120 valence electrons. The largest absolute Gasteiger partial charge is 0.457 e. The molecular formula is C20H12ClN3O. The smallest absolute Gasteiger partial charge is 0.149 e. The number of imidazole rings is 1. The first kappa shape index (κ1) is 15.3. The van der Waals surface area contributed by atoms with Crippen LogP contribution in [0.5, 0.6) is 0 Å². The van der Waals surface area contributed by atoms with Gasteiger partial charge in [0.2, 0.25) is 0 Å². The van der Waals surface area contributed by atoms with Gasteiger partial charge < -0.3 is 9.40 Å². The van der Waals surface area contributed by atoms with Crippen LogP contribution in [-0.4, -0.2) is 9.97 Å². The number of benzene rings is 2. The highest BCUT2D eigenvalue weighted by atomic mass is 35.5. The van der Waals surface area contributed by atoms with Crippen LogP contribution in [0.4, 0.5) is 0 Å². The fourth-order valence-electron chi connectivity index (χ4n) is 2.61. The fourth-order valence-corrected chi connectivity index (χ4v) is 2.84. The molecular weight excluding hydrogens is 334 g/mol. The number of fused-ring (bicyclic) bond motifs is 1. The molecule has 0 atom stereocenters. The summed E-state index contributed by atoms with van der Waals surface area (Å²) < 4.78 is 5.82. The molecule has 0 aliphatic heterocycles. The molecule has 0 radical (unpaired) electrons. The zero-order valence-corrected chi connectivity index (χ0v) is 13.8. The van der Waals surface area contributed by atoms with Gasteiger partial charge in [-0.25, -0.2) is 4.98 Å². The molecule has 0 fully saturated rings. The summed E-state index contributed by atoms with van der Waals surface area (Å²) in [5, 5.41) is 10.1. The highest BCUT2D eigenvalue weighted by Crippen LogP contribution is 2.30. The van der Waals surface area contributed by atoms with Crippen LogP contribution in [0.1, 0.15) is 11.6 Å². The third-order valence-corrected chi connectivity index (χ3v) is 4.15. The summed E-state index contributed by atoms with van der Waals surface area (Å²) in [4.78, 5) is 7.60. The van der Waals surface area contributed by atoms with Crippen LogP contribution in [0.2, 0.25) is 5.02 Å². The van der Waals surface area contributed by atoms with Crippen LogP contribution in [0.15, 0.2) is 65.1 Å². The summed E-state index contributed by atoms with van der Waals surface area (Å²) in [7, 11) is 0. The third kappa shape index (κ3) is 2.93. The topological polar surface area (TPSA) is 65.6 Å². The number of hydrogen-bond acceptors (Lipinski definition) is 3. The SMILES string of the molecule is N#C/C(=C\c1ccc(-c2ccccc2Cl)o1)c1nc2ccccc2[nH]1. The number of nitriles is 1. The minimum atomic E-state index is 0.399. The second-order valence-electron chi connectivity index (χ2n) is 5.45. The number of rotatable bonds is 3. The van der Waals surface area contributed by atoms with Crippen molar-refractivity contribution in [3.8, 4) is 17.4 Å². The monoisotopic (exact) mass is 345 g/mol. The first-order valence-corrected chi connectivity index (χ1v) is 8.04. The van der Waals surface area contributed by atoms with Crippen LogP contribution in [0.3, 0.4) is 0 Å². The lowest BCUT2D eigenvalue weighted by Crippen LogP contribution is -1.84. The summed E-state index contributed by atoms with van der Waals surface area (Å²) in [5.74, 6) is 1.73. The van der Waals surface area contributed by atoms with E-state index in [1.54, 1.807) is 12.1 Å². The number of nitrogens with one attached hydrogen (secondary N) is 1. The molecule has 5 heteroatoms. The third-order valence-electron chi connectivity index (χ3n) is 3.82. The van der Waals surface area contributed by atoms with Crippen molar-refractivity contribution in [3.63, 3.8) is 0 Å². The second-order valence-corrected chi connectivity index (χ2v) is 5.86. The van der Waals surface area contributed by atoms with Crippen molar-refractivity contribution in [3.05, 3.63) is 77.3 Å². The number of aromatic amines is 1. The Morgan fingerprint density at radius 3 is 2.68 bits per heavy atom. The van der Waals surface area contributed by atoms with Gasteiger partial charge in [0.1, 0.15) is 23.4 Å². The lowest BCUT2D eigenvalue weighted by atomic mass is 10.2. The molecule has 1 N–H and O–H groups in total. The van der Waals surface area contributed by atoms with Crippen molar-refractivity contribution in [2.45, 2.75) is 0 Å². The van der Waals surface area contributed by atoms with Gasteiger partial charge >= 0.3 is 0 Å². The molecule has 0 unspecified atom stereocenters. The standard InChI is InChI=1S/C20H12ClN3O/c21-16-6-2-1-5-15(16)19-10-9-14(25-19)11-13(12-22)20-23-17-7-3-4-8-18(17)24-20/h1-11H,(H,23,24)/b13-11+. The Balaban J connectivity index is 1.72. The predicted molar refractivity (Wildman–Crippen MR) is 98.7 cm³/mol. The fraction of sp³-hybridized carbons (Fsp3) is 0. The van der Waals surface area contributed by atoms with Gasteiger partial charge in [0, 0.05) is 11.6 Å². The molecule has 0 amide bonds. The Morgan fingerprint density at radius 1 is 1.08 bits per heavy atom. The summed E-state index contributed by atoms with van der Waals surface area (Å²) in [6, 6.07) is 20.9. The average Bonchev–Trinajstić information content (AvgIpc) is 3.26. The summed E-state index contributed by atoms with van der Waals surface area (Å²) in [6.45, 7) is 0. The van der Waals surface area contributed by atoms with Crippen molar-refractivity contribution in [2.75, 3.05) is 0 Å². The van der Waals surface area contributed by atoms with Gasteiger partial charge in [-0.15, -0.1) is 0 Å². The molecule has 0 saturated carbocycles. The van der Waals surface area contributed by atoms with Crippen LogP contribution < -0.4 is 0 Å². The molecule has 4 aromatic rings. The van der Waals surface area contributed by atoms with Gasteiger partial charge in [0.05, 0.1) is 21.6 Å². The number of halogens is 1. The van der Waals surface area contributed by atoms with Gasteiger partial charge in [-0.3, -0.25) is 0 Å². The number of aromatic nitrogens is 2. The summed E-state index contributed by atoms with van der Waals surface area (Å²) >= 11 is 6.20. The Hall–Kier alpha value is -3.29. The van der Waals surface area contributed by atoms with Crippen molar-refractivity contribution in [2.24, 2.45) is 0 Å². The zero-order valence-electron chi connectivity index (χ0n) is 13.0. The molecule has 2 aromatic heterocycles. The van der Waals surface area contributed by atoms with E-state index in [1.165, 1.54) is 0 Å². The molecule has 2 heterocycles. The van der Waals surface area contributed by atoms with Crippen LogP contribution in [0.25, 0.3) is 34.0 Å². The molecule has 2 aromatic carbocycles. The van der Waals surface area contributed by atoms with E-state index >= 15 is 0 Å². The van der Waals surface area contributed by atoms with Crippen molar-refractivity contribution in [1.82, 2.24) is 9.97 Å². The first-order valence-electron chi connectivity index (χ1n) is 7.66. The second kappa shape index (κ2) is 6.31.